The molecule has 0 saturated heterocycles. The van der Waals surface area contributed by atoms with Crippen LogP contribution in [0.4, 0.5) is 13.2 Å². The van der Waals surface area contributed by atoms with Gasteiger partial charge in [0.25, 0.3) is 0 Å². The fourth-order valence-corrected chi connectivity index (χ4v) is 3.56. The van der Waals surface area contributed by atoms with Gasteiger partial charge in [0.2, 0.25) is 0 Å². The molecule has 0 saturated carbocycles. The second-order valence-electron chi connectivity index (χ2n) is 6.03. The molecule has 0 amide bonds. The maximum atomic E-state index is 13.3. The monoisotopic (exact) mass is 366 g/mol. The molecule has 0 fully saturated rings. The molecule has 0 bridgehead atoms. The van der Waals surface area contributed by atoms with E-state index in [-0.39, 0.29) is 0 Å². The number of hydrogen-bond acceptors (Lipinski definition) is 2. The van der Waals surface area contributed by atoms with Crippen LogP contribution in [0.15, 0.2) is 41.0 Å². The van der Waals surface area contributed by atoms with Crippen LogP contribution in [0.2, 0.25) is 5.02 Å². The summed E-state index contributed by atoms with van der Waals surface area (Å²) in [7, 11) is 0. The Labute approximate surface area is 147 Å². The van der Waals surface area contributed by atoms with Crippen LogP contribution in [0.3, 0.4) is 0 Å². The molecular formula is C18H14ClF3N2O. The number of halogens is 4. The first kappa shape index (κ1) is 16.3. The molecule has 25 heavy (non-hydrogen) atoms. The Balaban J connectivity index is 1.84. The molecule has 7 heteroatoms. The molecule has 0 N–H and O–H groups in total. The molecule has 3 nitrogen and oxygen atoms in total. The van der Waals surface area contributed by atoms with Gasteiger partial charge in [-0.15, -0.1) is 0 Å². The van der Waals surface area contributed by atoms with E-state index in [2.05, 4.69) is 5.10 Å². The lowest BCUT2D eigenvalue weighted by molar-refractivity contribution is -0.142. The number of benzene rings is 1. The second-order valence-corrected chi connectivity index (χ2v) is 6.44. The first-order chi connectivity index (χ1) is 11.9. The molecule has 0 radical (unpaired) electrons. The van der Waals surface area contributed by atoms with Gasteiger partial charge in [0, 0.05) is 16.8 Å². The molecule has 0 aliphatic heterocycles. The van der Waals surface area contributed by atoms with Crippen molar-refractivity contribution in [2.75, 3.05) is 0 Å². The largest absolute Gasteiger partial charge is 0.464 e. The van der Waals surface area contributed by atoms with E-state index in [0.29, 0.717) is 40.6 Å². The molecule has 0 spiro atoms. The number of nitrogens with zero attached hydrogens (tertiary/aromatic N) is 2. The van der Waals surface area contributed by atoms with Gasteiger partial charge >= 0.3 is 6.18 Å². The Kier molecular flexibility index (Phi) is 3.87. The number of rotatable bonds is 2. The van der Waals surface area contributed by atoms with Crippen molar-refractivity contribution in [1.82, 2.24) is 9.78 Å². The molecule has 3 aromatic rings. The van der Waals surface area contributed by atoms with Crippen LogP contribution < -0.4 is 0 Å². The number of aromatic nitrogens is 2. The maximum absolute atomic E-state index is 13.3. The summed E-state index contributed by atoms with van der Waals surface area (Å²) in [5.74, 6) is 0.645. The van der Waals surface area contributed by atoms with Crippen molar-refractivity contribution in [3.63, 3.8) is 0 Å². The Bertz CT molecular complexity index is 913. The van der Waals surface area contributed by atoms with E-state index in [4.69, 9.17) is 16.0 Å². The Morgan fingerprint density at radius 3 is 2.60 bits per heavy atom. The minimum absolute atomic E-state index is 0.296. The average Bonchev–Trinajstić information content (AvgIpc) is 3.22. The van der Waals surface area contributed by atoms with Gasteiger partial charge in [0.15, 0.2) is 5.69 Å². The normalized spacial score (nSPS) is 14.6. The zero-order valence-corrected chi connectivity index (χ0v) is 13.9. The predicted molar refractivity (Wildman–Crippen MR) is 87.9 cm³/mol. The molecule has 4 rings (SSSR count). The Hall–Kier alpha value is -2.21. The quantitative estimate of drug-likeness (QED) is 0.584. The van der Waals surface area contributed by atoms with Gasteiger partial charge in [-0.05, 0) is 56.0 Å². The highest BCUT2D eigenvalue weighted by Gasteiger charge is 2.39. The van der Waals surface area contributed by atoms with Gasteiger partial charge in [-0.2, -0.15) is 18.3 Å². The van der Waals surface area contributed by atoms with E-state index < -0.39 is 11.9 Å². The van der Waals surface area contributed by atoms with Gasteiger partial charge in [-0.1, -0.05) is 11.6 Å². The summed E-state index contributed by atoms with van der Waals surface area (Å²) in [4.78, 5) is 0. The smallest absolute Gasteiger partial charge is 0.435 e. The highest BCUT2D eigenvalue weighted by molar-refractivity contribution is 6.32. The number of fused-ring (bicyclic) bond motifs is 1. The van der Waals surface area contributed by atoms with Crippen LogP contribution in [0.5, 0.6) is 0 Å². The lowest BCUT2D eigenvalue weighted by Gasteiger charge is -2.15. The molecule has 130 valence electrons. The maximum Gasteiger partial charge on any atom is 0.435 e. The first-order valence-electron chi connectivity index (χ1n) is 7.97. The third kappa shape index (κ3) is 2.84. The summed E-state index contributed by atoms with van der Waals surface area (Å²) in [6.07, 6.45) is -0.365. The molecule has 2 aromatic heterocycles. The van der Waals surface area contributed by atoms with Crippen LogP contribution in [0.25, 0.3) is 17.0 Å². The first-order valence-corrected chi connectivity index (χ1v) is 8.35. The van der Waals surface area contributed by atoms with Gasteiger partial charge in [-0.3, -0.25) is 0 Å². The van der Waals surface area contributed by atoms with Crippen LogP contribution in [-0.2, 0) is 19.0 Å². The van der Waals surface area contributed by atoms with Crippen molar-refractivity contribution in [2.24, 2.45) is 0 Å². The molecule has 1 aliphatic rings. The van der Waals surface area contributed by atoms with Crippen molar-refractivity contribution < 1.29 is 17.6 Å². The number of furan rings is 1. The van der Waals surface area contributed by atoms with E-state index in [1.807, 2.05) is 0 Å². The second kappa shape index (κ2) is 5.95. The van der Waals surface area contributed by atoms with Crippen LogP contribution in [-0.4, -0.2) is 9.78 Å². The van der Waals surface area contributed by atoms with E-state index in [1.165, 1.54) is 4.68 Å². The van der Waals surface area contributed by atoms with Gasteiger partial charge in [0.1, 0.15) is 5.76 Å². The van der Waals surface area contributed by atoms with Crippen molar-refractivity contribution >= 4 is 11.6 Å². The highest BCUT2D eigenvalue weighted by atomic mass is 35.5. The SMILES string of the molecule is FC(F)(F)c1nn(-c2ccc(-c3ccco3)cc2Cl)c2c1CCCC2. The van der Waals surface area contributed by atoms with Crippen LogP contribution in [0.1, 0.15) is 29.8 Å². The molecular weight excluding hydrogens is 353 g/mol. The van der Waals surface area contributed by atoms with E-state index in [9.17, 15) is 13.2 Å². The molecule has 0 atom stereocenters. The summed E-state index contributed by atoms with van der Waals surface area (Å²) in [6, 6.07) is 8.69. The average molecular weight is 367 g/mol. The van der Waals surface area contributed by atoms with Crippen molar-refractivity contribution in [2.45, 2.75) is 31.9 Å². The van der Waals surface area contributed by atoms with Gasteiger partial charge in [0.05, 0.1) is 17.0 Å². The summed E-state index contributed by atoms with van der Waals surface area (Å²) < 4.78 is 46.7. The topological polar surface area (TPSA) is 31.0 Å². The third-order valence-corrected chi connectivity index (χ3v) is 4.73. The van der Waals surface area contributed by atoms with Gasteiger partial charge < -0.3 is 4.42 Å². The zero-order chi connectivity index (χ0) is 17.6. The van der Waals surface area contributed by atoms with Crippen LogP contribution in [0, 0.1) is 0 Å². The minimum atomic E-state index is -4.47. The van der Waals surface area contributed by atoms with Crippen molar-refractivity contribution in [3.8, 4) is 17.0 Å². The summed E-state index contributed by atoms with van der Waals surface area (Å²) >= 11 is 6.36. The zero-order valence-electron chi connectivity index (χ0n) is 13.1. The van der Waals surface area contributed by atoms with Gasteiger partial charge in [-0.25, -0.2) is 4.68 Å². The standard InChI is InChI=1S/C18H14ClF3N2O/c19-13-10-11(16-6-3-9-25-16)7-8-15(13)24-14-5-2-1-4-12(14)17(23-24)18(20,21)22/h3,6-10H,1-2,4-5H2. The van der Waals surface area contributed by atoms with Crippen LogP contribution >= 0.6 is 11.6 Å². The molecule has 0 unspecified atom stereocenters. The highest BCUT2D eigenvalue weighted by Crippen LogP contribution is 2.38. The Morgan fingerprint density at radius 1 is 1.12 bits per heavy atom. The summed E-state index contributed by atoms with van der Waals surface area (Å²) in [5, 5.41) is 4.20. The molecule has 2 heterocycles. The summed E-state index contributed by atoms with van der Waals surface area (Å²) in [6.45, 7) is 0. The number of hydrogen-bond donors (Lipinski definition) is 0. The van der Waals surface area contributed by atoms with Crippen molar-refractivity contribution in [1.29, 1.82) is 0 Å². The number of alkyl halides is 3. The lowest BCUT2D eigenvalue weighted by atomic mass is 9.95. The molecule has 1 aliphatic carbocycles. The minimum Gasteiger partial charge on any atom is -0.464 e. The summed E-state index contributed by atoms with van der Waals surface area (Å²) in [5.41, 5.74) is 1.31. The lowest BCUT2D eigenvalue weighted by Crippen LogP contribution is -2.11. The fraction of sp³-hybridized carbons (Fsp3) is 0.278. The molecule has 1 aromatic carbocycles. The van der Waals surface area contributed by atoms with E-state index >= 15 is 0 Å². The van der Waals surface area contributed by atoms with E-state index in [1.54, 1.807) is 36.6 Å². The third-order valence-electron chi connectivity index (χ3n) is 4.43. The fourth-order valence-electron chi connectivity index (χ4n) is 3.30. The predicted octanol–water partition coefficient (Wildman–Crippen LogP) is 5.68. The van der Waals surface area contributed by atoms with Crippen molar-refractivity contribution in [3.05, 3.63) is 58.6 Å². The Morgan fingerprint density at radius 2 is 1.92 bits per heavy atom. The van der Waals surface area contributed by atoms with E-state index in [0.717, 1.165) is 18.4 Å².